The van der Waals surface area contributed by atoms with Gasteiger partial charge in [-0.2, -0.15) is 0 Å². The third-order valence-electron chi connectivity index (χ3n) is 4.76. The predicted molar refractivity (Wildman–Crippen MR) is 116 cm³/mol. The molecule has 0 fully saturated rings. The molecule has 4 rings (SSSR count). The normalized spacial score (nSPS) is 10.8. The summed E-state index contributed by atoms with van der Waals surface area (Å²) in [4.78, 5) is 29.8. The number of carbonyl (C=O) groups excluding carboxylic acids is 1. The van der Waals surface area contributed by atoms with Crippen LogP contribution in [0.15, 0.2) is 71.4 Å². The molecular formula is C23H18N2O3S. The van der Waals surface area contributed by atoms with E-state index in [1.165, 1.54) is 18.4 Å². The lowest BCUT2D eigenvalue weighted by Crippen LogP contribution is -2.23. The molecule has 0 atom stereocenters. The second kappa shape index (κ2) is 7.48. The number of esters is 1. The van der Waals surface area contributed by atoms with Gasteiger partial charge in [-0.15, -0.1) is 11.3 Å². The summed E-state index contributed by atoms with van der Waals surface area (Å²) < 4.78 is 6.97. The van der Waals surface area contributed by atoms with E-state index in [9.17, 15) is 9.59 Å². The van der Waals surface area contributed by atoms with Gasteiger partial charge in [0.25, 0.3) is 5.56 Å². The van der Waals surface area contributed by atoms with Gasteiger partial charge in [-0.3, -0.25) is 9.36 Å². The molecule has 0 N–H and O–H groups in total. The van der Waals surface area contributed by atoms with E-state index in [2.05, 4.69) is 6.58 Å². The van der Waals surface area contributed by atoms with Crippen molar-refractivity contribution in [1.82, 2.24) is 9.55 Å². The first-order valence-electron chi connectivity index (χ1n) is 8.95. The zero-order valence-corrected chi connectivity index (χ0v) is 16.8. The minimum Gasteiger partial charge on any atom is -0.465 e. The highest BCUT2D eigenvalue weighted by Crippen LogP contribution is 2.26. The monoisotopic (exact) mass is 402 g/mol. The number of aromatic nitrogens is 2. The van der Waals surface area contributed by atoms with E-state index in [0.717, 1.165) is 16.8 Å². The Labute approximate surface area is 171 Å². The molecule has 6 heteroatoms. The van der Waals surface area contributed by atoms with Gasteiger partial charge in [-0.05, 0) is 47.7 Å². The third kappa shape index (κ3) is 3.28. The van der Waals surface area contributed by atoms with Crippen molar-refractivity contribution >= 4 is 33.1 Å². The van der Waals surface area contributed by atoms with E-state index in [1.807, 2.05) is 42.6 Å². The van der Waals surface area contributed by atoms with E-state index >= 15 is 0 Å². The minimum absolute atomic E-state index is 0.123. The van der Waals surface area contributed by atoms with Crippen molar-refractivity contribution in [3.8, 4) is 5.69 Å². The van der Waals surface area contributed by atoms with Gasteiger partial charge in [-0.1, -0.05) is 36.9 Å². The van der Waals surface area contributed by atoms with E-state index in [0.29, 0.717) is 27.2 Å². The number of fused-ring (bicyclic) bond motifs is 1. The van der Waals surface area contributed by atoms with Crippen LogP contribution >= 0.6 is 11.3 Å². The molecule has 0 saturated heterocycles. The summed E-state index contributed by atoms with van der Waals surface area (Å²) in [7, 11) is 1.34. The first-order valence-corrected chi connectivity index (χ1v) is 9.83. The van der Waals surface area contributed by atoms with Gasteiger partial charge in [0.15, 0.2) is 0 Å². The summed E-state index contributed by atoms with van der Waals surface area (Å²) >= 11 is 1.38. The zero-order valence-electron chi connectivity index (χ0n) is 16.0. The molecule has 2 aromatic carbocycles. The lowest BCUT2D eigenvalue weighted by Gasteiger charge is -2.16. The van der Waals surface area contributed by atoms with E-state index in [-0.39, 0.29) is 5.56 Å². The summed E-state index contributed by atoms with van der Waals surface area (Å²) in [6.45, 7) is 6.16. The smallest absolute Gasteiger partial charge is 0.337 e. The van der Waals surface area contributed by atoms with Crippen molar-refractivity contribution in [2.45, 2.75) is 6.92 Å². The number of methoxy groups -OCH3 is 1. The molecule has 0 unspecified atom stereocenters. The van der Waals surface area contributed by atoms with Crippen molar-refractivity contribution in [1.29, 1.82) is 0 Å². The fraction of sp³-hybridized carbons (Fsp3) is 0.0870. The molecular weight excluding hydrogens is 384 g/mol. The minimum atomic E-state index is -0.406. The van der Waals surface area contributed by atoms with Gasteiger partial charge in [0.05, 0.1) is 23.9 Å². The Balaban J connectivity index is 1.92. The summed E-state index contributed by atoms with van der Waals surface area (Å²) in [6.07, 6.45) is 0. The number of carbonyl (C=O) groups is 1. The fourth-order valence-corrected chi connectivity index (χ4v) is 3.97. The van der Waals surface area contributed by atoms with Crippen molar-refractivity contribution in [2.75, 3.05) is 7.11 Å². The molecule has 2 heterocycles. The van der Waals surface area contributed by atoms with Gasteiger partial charge < -0.3 is 4.74 Å². The number of rotatable bonds is 4. The average Bonchev–Trinajstić information content (AvgIpc) is 3.22. The molecule has 144 valence electrons. The first kappa shape index (κ1) is 18.8. The van der Waals surface area contributed by atoms with Crippen LogP contribution in [-0.2, 0) is 4.74 Å². The van der Waals surface area contributed by atoms with E-state index in [1.54, 1.807) is 28.8 Å². The van der Waals surface area contributed by atoms with Crippen LogP contribution in [0.1, 0.15) is 27.3 Å². The van der Waals surface area contributed by atoms with E-state index in [4.69, 9.17) is 9.72 Å². The molecule has 0 saturated carbocycles. The molecule has 0 radical (unpaired) electrons. The SMILES string of the molecule is C=C(c1ccc(C(=O)OC)cc1)c1nc2ccsc2c(=O)n1-c1ccccc1C. The molecule has 5 nitrogen and oxygen atoms in total. The van der Waals surface area contributed by atoms with Crippen LogP contribution in [0.2, 0.25) is 0 Å². The van der Waals surface area contributed by atoms with Crippen molar-refractivity contribution in [3.05, 3.63) is 99.4 Å². The molecule has 0 aliphatic heterocycles. The zero-order chi connectivity index (χ0) is 20.5. The largest absolute Gasteiger partial charge is 0.465 e. The second-order valence-corrected chi connectivity index (χ2v) is 7.46. The Morgan fingerprint density at radius 3 is 2.45 bits per heavy atom. The summed E-state index contributed by atoms with van der Waals surface area (Å²) in [5.41, 5.74) is 4.05. The van der Waals surface area contributed by atoms with Crippen molar-refractivity contribution in [3.63, 3.8) is 0 Å². The molecule has 0 bridgehead atoms. The molecule has 0 aliphatic carbocycles. The van der Waals surface area contributed by atoms with Gasteiger partial charge in [0, 0.05) is 5.57 Å². The van der Waals surface area contributed by atoms with Gasteiger partial charge in [0.1, 0.15) is 10.5 Å². The number of ether oxygens (including phenoxy) is 1. The molecule has 29 heavy (non-hydrogen) atoms. The number of benzene rings is 2. The standard InChI is InChI=1S/C23H18N2O3S/c1-14-6-4-5-7-19(14)25-21(24-18-12-13-29-20(18)22(25)26)15(2)16-8-10-17(11-9-16)23(27)28-3/h4-13H,2H2,1,3H3. The summed E-state index contributed by atoms with van der Waals surface area (Å²) in [5.74, 6) is 0.0674. The maximum atomic E-state index is 13.3. The number of hydrogen-bond donors (Lipinski definition) is 0. The molecule has 4 aromatic rings. The highest BCUT2D eigenvalue weighted by Gasteiger charge is 2.18. The van der Waals surface area contributed by atoms with Gasteiger partial charge in [0.2, 0.25) is 0 Å². The van der Waals surface area contributed by atoms with Crippen molar-refractivity contribution in [2.24, 2.45) is 0 Å². The van der Waals surface area contributed by atoms with Crippen LogP contribution in [0, 0.1) is 6.92 Å². The summed E-state index contributed by atoms with van der Waals surface area (Å²) in [6, 6.07) is 16.4. The Morgan fingerprint density at radius 2 is 1.76 bits per heavy atom. The average molecular weight is 402 g/mol. The number of aryl methyl sites for hydroxylation is 1. The maximum absolute atomic E-state index is 13.3. The van der Waals surface area contributed by atoms with Gasteiger partial charge >= 0.3 is 5.97 Å². The Kier molecular flexibility index (Phi) is 4.86. The molecule has 2 aromatic heterocycles. The van der Waals surface area contributed by atoms with Crippen molar-refractivity contribution < 1.29 is 9.53 Å². The molecule has 0 amide bonds. The van der Waals surface area contributed by atoms with Crippen LogP contribution in [-0.4, -0.2) is 22.6 Å². The lowest BCUT2D eigenvalue weighted by atomic mass is 10.0. The fourth-order valence-electron chi connectivity index (χ4n) is 3.21. The number of hydrogen-bond acceptors (Lipinski definition) is 5. The maximum Gasteiger partial charge on any atom is 0.337 e. The molecule has 0 aliphatic rings. The quantitative estimate of drug-likeness (QED) is 0.468. The third-order valence-corrected chi connectivity index (χ3v) is 5.65. The second-order valence-electron chi connectivity index (χ2n) is 6.54. The van der Waals surface area contributed by atoms with Crippen LogP contribution in [0.4, 0.5) is 0 Å². The first-order chi connectivity index (χ1) is 14.0. The predicted octanol–water partition coefficient (Wildman–Crippen LogP) is 4.60. The van der Waals surface area contributed by atoms with Crippen LogP contribution < -0.4 is 5.56 Å². The Hall–Kier alpha value is -3.51. The highest BCUT2D eigenvalue weighted by molar-refractivity contribution is 7.17. The molecule has 0 spiro atoms. The number of nitrogens with zero attached hydrogens (tertiary/aromatic N) is 2. The number of thiophene rings is 1. The lowest BCUT2D eigenvalue weighted by molar-refractivity contribution is 0.0600. The topological polar surface area (TPSA) is 61.2 Å². The van der Waals surface area contributed by atoms with Crippen LogP contribution in [0.25, 0.3) is 21.5 Å². The highest BCUT2D eigenvalue weighted by atomic mass is 32.1. The summed E-state index contributed by atoms with van der Waals surface area (Å²) in [5, 5.41) is 1.86. The van der Waals surface area contributed by atoms with Crippen LogP contribution in [0.5, 0.6) is 0 Å². The Morgan fingerprint density at radius 1 is 1.07 bits per heavy atom. The van der Waals surface area contributed by atoms with E-state index < -0.39 is 5.97 Å². The number of para-hydroxylation sites is 1. The Bertz CT molecular complexity index is 1300. The van der Waals surface area contributed by atoms with Gasteiger partial charge in [-0.25, -0.2) is 9.78 Å². The van der Waals surface area contributed by atoms with Crippen LogP contribution in [0.3, 0.4) is 0 Å².